The zero-order chi connectivity index (χ0) is 20.2. The Bertz CT molecular complexity index is 1000. The van der Waals surface area contributed by atoms with E-state index >= 15 is 0 Å². The van der Waals surface area contributed by atoms with Gasteiger partial charge < -0.3 is 9.84 Å². The molecule has 2 heterocycles. The van der Waals surface area contributed by atoms with Crippen LogP contribution in [-0.4, -0.2) is 27.7 Å². The Balaban J connectivity index is 1.70. The Morgan fingerprint density at radius 3 is 2.72 bits per heavy atom. The fraction of sp³-hybridized carbons (Fsp3) is 0.292. The summed E-state index contributed by atoms with van der Waals surface area (Å²) in [7, 11) is 0. The summed E-state index contributed by atoms with van der Waals surface area (Å²) >= 11 is 0. The van der Waals surface area contributed by atoms with Crippen LogP contribution < -0.4 is 0 Å². The summed E-state index contributed by atoms with van der Waals surface area (Å²) in [5, 5.41) is 10.7. The van der Waals surface area contributed by atoms with Crippen molar-refractivity contribution in [2.45, 2.75) is 38.7 Å². The van der Waals surface area contributed by atoms with Crippen LogP contribution in [0.3, 0.4) is 0 Å². The highest BCUT2D eigenvalue weighted by molar-refractivity contribution is 5.99. The topological polar surface area (TPSA) is 72.3 Å². The number of hydrogen-bond acceptors (Lipinski definition) is 5. The Morgan fingerprint density at radius 2 is 1.97 bits per heavy atom. The van der Waals surface area contributed by atoms with E-state index in [9.17, 15) is 9.90 Å². The molecule has 0 amide bonds. The fourth-order valence-electron chi connectivity index (χ4n) is 3.94. The highest BCUT2D eigenvalue weighted by atomic mass is 16.5. The van der Waals surface area contributed by atoms with Gasteiger partial charge in [-0.3, -0.25) is 9.97 Å². The van der Waals surface area contributed by atoms with Gasteiger partial charge in [0.1, 0.15) is 0 Å². The number of aliphatic hydroxyl groups is 1. The van der Waals surface area contributed by atoms with E-state index in [4.69, 9.17) is 4.74 Å². The molecule has 2 aromatic heterocycles. The van der Waals surface area contributed by atoms with Crippen molar-refractivity contribution in [1.29, 1.82) is 0 Å². The molecule has 0 radical (unpaired) electrons. The number of aryl methyl sites for hydroxylation is 2. The van der Waals surface area contributed by atoms with Crippen LogP contribution in [0.4, 0.5) is 0 Å². The van der Waals surface area contributed by atoms with Crippen molar-refractivity contribution in [2.75, 3.05) is 6.61 Å². The number of carbonyl (C=O) groups excluding carboxylic acids is 1. The molecule has 5 nitrogen and oxygen atoms in total. The van der Waals surface area contributed by atoms with E-state index in [0.29, 0.717) is 35.4 Å². The third-order valence-corrected chi connectivity index (χ3v) is 5.31. The maximum atomic E-state index is 13.1. The maximum Gasteiger partial charge on any atom is 0.340 e. The molecule has 148 valence electrons. The van der Waals surface area contributed by atoms with Crippen molar-refractivity contribution < 1.29 is 14.6 Å². The average Bonchev–Trinajstić information content (AvgIpc) is 2.74. The number of aliphatic hydroxyl groups excluding tert-OH is 1. The lowest BCUT2D eigenvalue weighted by Crippen LogP contribution is -2.20. The Hall–Kier alpha value is -3.05. The SMILES string of the molecule is Cc1nc2c(c(-c3ccccn3)c1C(=O)OCCc1ccccc1)C(O)CCC2. The van der Waals surface area contributed by atoms with Gasteiger partial charge in [-0.05, 0) is 43.9 Å². The van der Waals surface area contributed by atoms with E-state index < -0.39 is 12.1 Å². The number of aromatic nitrogens is 2. The molecule has 0 saturated heterocycles. The van der Waals surface area contributed by atoms with Crippen LogP contribution >= 0.6 is 0 Å². The van der Waals surface area contributed by atoms with E-state index in [1.54, 1.807) is 6.20 Å². The summed E-state index contributed by atoms with van der Waals surface area (Å²) in [6.45, 7) is 2.10. The molecule has 0 fully saturated rings. The molecule has 1 N–H and O–H groups in total. The Labute approximate surface area is 170 Å². The molecule has 0 aliphatic heterocycles. The quantitative estimate of drug-likeness (QED) is 0.663. The first-order chi connectivity index (χ1) is 14.1. The average molecular weight is 388 g/mol. The van der Waals surface area contributed by atoms with Gasteiger partial charge in [-0.2, -0.15) is 0 Å². The maximum absolute atomic E-state index is 13.1. The van der Waals surface area contributed by atoms with Gasteiger partial charge in [0.05, 0.1) is 29.7 Å². The molecule has 1 aliphatic rings. The summed E-state index contributed by atoms with van der Waals surface area (Å²) in [5.41, 5.74) is 5.01. The van der Waals surface area contributed by atoms with Crippen molar-refractivity contribution in [2.24, 2.45) is 0 Å². The van der Waals surface area contributed by atoms with Gasteiger partial charge in [0.25, 0.3) is 0 Å². The van der Waals surface area contributed by atoms with Crippen LogP contribution in [0.1, 0.15) is 51.8 Å². The number of pyridine rings is 2. The van der Waals surface area contributed by atoms with Crippen molar-refractivity contribution >= 4 is 5.97 Å². The van der Waals surface area contributed by atoms with E-state index in [-0.39, 0.29) is 6.61 Å². The van der Waals surface area contributed by atoms with E-state index in [2.05, 4.69) is 9.97 Å². The largest absolute Gasteiger partial charge is 0.462 e. The first-order valence-corrected chi connectivity index (χ1v) is 9.99. The molecular weight excluding hydrogens is 364 g/mol. The van der Waals surface area contributed by atoms with Gasteiger partial charge in [0.15, 0.2) is 0 Å². The smallest absolute Gasteiger partial charge is 0.340 e. The van der Waals surface area contributed by atoms with Crippen molar-refractivity contribution in [3.63, 3.8) is 0 Å². The first kappa shape index (κ1) is 19.3. The summed E-state index contributed by atoms with van der Waals surface area (Å²) in [6.07, 6.45) is 4.00. The number of carbonyl (C=O) groups is 1. The van der Waals surface area contributed by atoms with Gasteiger partial charge in [0, 0.05) is 29.4 Å². The highest BCUT2D eigenvalue weighted by Gasteiger charge is 2.30. The molecule has 0 bridgehead atoms. The third-order valence-electron chi connectivity index (χ3n) is 5.31. The normalized spacial score (nSPS) is 15.6. The van der Waals surface area contributed by atoms with Crippen LogP contribution in [0, 0.1) is 6.92 Å². The molecule has 1 aliphatic carbocycles. The molecule has 29 heavy (non-hydrogen) atoms. The second-order valence-electron chi connectivity index (χ2n) is 7.30. The highest BCUT2D eigenvalue weighted by Crippen LogP contribution is 2.39. The van der Waals surface area contributed by atoms with Crippen molar-refractivity contribution in [1.82, 2.24) is 9.97 Å². The Kier molecular flexibility index (Phi) is 5.67. The monoisotopic (exact) mass is 388 g/mol. The minimum Gasteiger partial charge on any atom is -0.462 e. The number of benzene rings is 1. The minimum atomic E-state index is -0.653. The number of nitrogens with zero attached hydrogens (tertiary/aromatic N) is 2. The van der Waals surface area contributed by atoms with E-state index in [1.807, 2.05) is 55.5 Å². The second kappa shape index (κ2) is 8.53. The predicted molar refractivity (Wildman–Crippen MR) is 111 cm³/mol. The molecule has 0 spiro atoms. The molecule has 1 unspecified atom stereocenters. The standard InChI is InChI=1S/C24H24N2O3/c1-16-21(24(28)29-15-13-17-8-3-2-4-9-17)23(18-10-5-6-14-25-18)22-19(26-16)11-7-12-20(22)27/h2-6,8-10,14,20,27H,7,11-13,15H2,1H3. The summed E-state index contributed by atoms with van der Waals surface area (Å²) in [6, 6.07) is 15.5. The van der Waals surface area contributed by atoms with Crippen LogP contribution in [0.5, 0.6) is 0 Å². The van der Waals surface area contributed by atoms with Gasteiger partial charge in [-0.1, -0.05) is 36.4 Å². The van der Waals surface area contributed by atoms with Crippen LogP contribution in [0.15, 0.2) is 54.7 Å². The predicted octanol–water partition coefficient (Wildman–Crippen LogP) is 4.22. The number of rotatable bonds is 5. The summed E-state index contributed by atoms with van der Waals surface area (Å²) in [5.74, 6) is -0.424. The van der Waals surface area contributed by atoms with Gasteiger partial charge >= 0.3 is 5.97 Å². The van der Waals surface area contributed by atoms with E-state index in [1.165, 1.54) is 0 Å². The van der Waals surface area contributed by atoms with Gasteiger partial charge in [-0.25, -0.2) is 4.79 Å². The Morgan fingerprint density at radius 1 is 1.17 bits per heavy atom. The van der Waals surface area contributed by atoms with Crippen LogP contribution in [0.25, 0.3) is 11.3 Å². The molecular formula is C24H24N2O3. The minimum absolute atomic E-state index is 0.281. The lowest BCUT2D eigenvalue weighted by Gasteiger charge is -2.26. The molecule has 1 aromatic carbocycles. The number of ether oxygens (including phenoxy) is 1. The van der Waals surface area contributed by atoms with Crippen molar-refractivity contribution in [3.8, 4) is 11.3 Å². The number of fused-ring (bicyclic) bond motifs is 1. The zero-order valence-electron chi connectivity index (χ0n) is 16.5. The first-order valence-electron chi connectivity index (χ1n) is 9.99. The third kappa shape index (κ3) is 4.05. The zero-order valence-corrected chi connectivity index (χ0v) is 16.5. The van der Waals surface area contributed by atoms with Crippen LogP contribution in [0.2, 0.25) is 0 Å². The molecule has 0 saturated carbocycles. The van der Waals surface area contributed by atoms with Gasteiger partial charge in [-0.15, -0.1) is 0 Å². The fourth-order valence-corrected chi connectivity index (χ4v) is 3.94. The molecule has 3 aromatic rings. The molecule has 5 heteroatoms. The summed E-state index contributed by atoms with van der Waals surface area (Å²) < 4.78 is 5.61. The van der Waals surface area contributed by atoms with Crippen molar-refractivity contribution in [3.05, 3.63) is 82.8 Å². The number of hydrogen-bond donors (Lipinski definition) is 1. The lowest BCUT2D eigenvalue weighted by atomic mass is 9.85. The molecule has 4 rings (SSSR count). The second-order valence-corrected chi connectivity index (χ2v) is 7.30. The van der Waals surface area contributed by atoms with E-state index in [0.717, 1.165) is 29.7 Å². The van der Waals surface area contributed by atoms with Gasteiger partial charge in [0.2, 0.25) is 0 Å². The van der Waals surface area contributed by atoms with Crippen LogP contribution in [-0.2, 0) is 17.6 Å². The molecule has 1 atom stereocenters. The summed E-state index contributed by atoms with van der Waals surface area (Å²) in [4.78, 5) is 22.2. The lowest BCUT2D eigenvalue weighted by molar-refractivity contribution is 0.0508. The number of esters is 1.